The van der Waals surface area contributed by atoms with E-state index in [9.17, 15) is 4.79 Å². The van der Waals surface area contributed by atoms with Gasteiger partial charge in [-0.1, -0.05) is 29.6 Å². The fraction of sp³-hybridized carbons (Fsp3) is 0.625. The molecule has 120 valence electrons. The number of halogens is 2. The molecule has 2 aliphatic rings. The number of nitrogens with zero attached hydrogens (tertiary/aromatic N) is 3. The largest absolute Gasteiger partial charge is 0.353 e. The minimum Gasteiger partial charge on any atom is -0.353 e. The van der Waals surface area contributed by atoms with Crippen molar-refractivity contribution in [3.63, 3.8) is 0 Å². The minimum absolute atomic E-state index is 0.232. The molecule has 0 spiro atoms. The number of anilines is 1. The van der Waals surface area contributed by atoms with Crippen molar-refractivity contribution in [1.82, 2.24) is 9.88 Å². The number of hydrogen-bond acceptors (Lipinski definition) is 3. The second-order valence-electron chi connectivity index (χ2n) is 6.28. The predicted octanol–water partition coefficient (Wildman–Crippen LogP) is 3.62. The Bertz CT molecular complexity index is 562. The maximum Gasteiger partial charge on any atom is 0.225 e. The molecule has 1 saturated heterocycles. The van der Waals surface area contributed by atoms with Crippen LogP contribution in [0.4, 0.5) is 5.82 Å². The summed E-state index contributed by atoms with van der Waals surface area (Å²) in [4.78, 5) is 20.9. The van der Waals surface area contributed by atoms with E-state index in [1.807, 2.05) is 11.9 Å². The summed E-state index contributed by atoms with van der Waals surface area (Å²) in [6.45, 7) is 1.69. The normalized spacial score (nSPS) is 22.3. The summed E-state index contributed by atoms with van der Waals surface area (Å²) >= 11 is 12.2. The molecule has 0 radical (unpaired) electrons. The number of carbonyl (C=O) groups is 1. The lowest BCUT2D eigenvalue weighted by Gasteiger charge is -2.40. The molecular formula is C16H21Cl2N3O. The lowest BCUT2D eigenvalue weighted by atomic mass is 9.84. The first-order valence-electron chi connectivity index (χ1n) is 7.89. The predicted molar refractivity (Wildman–Crippen MR) is 89.6 cm³/mol. The molecule has 0 bridgehead atoms. The Morgan fingerprint density at radius 1 is 1.32 bits per heavy atom. The van der Waals surface area contributed by atoms with Crippen LogP contribution in [0.1, 0.15) is 32.1 Å². The standard InChI is InChI=1S/C16H21Cl2N3O/c1-20(16(22)11-4-2-5-11)13-6-3-7-21(10-13)15-14(18)8-12(17)9-19-15/h8-9,11,13H,2-7,10H2,1H3. The molecule has 3 rings (SSSR count). The highest BCUT2D eigenvalue weighted by Gasteiger charge is 2.33. The van der Waals surface area contributed by atoms with Crippen molar-refractivity contribution >= 4 is 34.9 Å². The van der Waals surface area contributed by atoms with E-state index in [1.165, 1.54) is 6.42 Å². The van der Waals surface area contributed by atoms with Crippen molar-refractivity contribution in [3.05, 3.63) is 22.3 Å². The third-order valence-electron chi connectivity index (χ3n) is 4.83. The molecule has 4 nitrogen and oxygen atoms in total. The van der Waals surface area contributed by atoms with E-state index in [4.69, 9.17) is 23.2 Å². The second kappa shape index (κ2) is 6.63. The molecule has 2 fully saturated rings. The minimum atomic E-state index is 0.232. The topological polar surface area (TPSA) is 36.4 Å². The Morgan fingerprint density at radius 3 is 2.73 bits per heavy atom. The van der Waals surface area contributed by atoms with Crippen LogP contribution in [-0.4, -0.2) is 42.0 Å². The van der Waals surface area contributed by atoms with Crippen LogP contribution >= 0.6 is 23.2 Å². The summed E-state index contributed by atoms with van der Waals surface area (Å²) < 4.78 is 0. The molecule has 1 unspecified atom stereocenters. The number of carbonyl (C=O) groups excluding carboxylic acids is 1. The van der Waals surface area contributed by atoms with E-state index in [0.29, 0.717) is 16.0 Å². The maximum absolute atomic E-state index is 12.4. The third-order valence-corrected chi connectivity index (χ3v) is 5.32. The Balaban J connectivity index is 1.69. The van der Waals surface area contributed by atoms with E-state index < -0.39 is 0 Å². The molecule has 1 aromatic rings. The van der Waals surface area contributed by atoms with E-state index in [2.05, 4.69) is 9.88 Å². The highest BCUT2D eigenvalue weighted by atomic mass is 35.5. The number of piperidine rings is 1. The van der Waals surface area contributed by atoms with Gasteiger partial charge in [0.1, 0.15) is 5.82 Å². The fourth-order valence-corrected chi connectivity index (χ4v) is 3.73. The van der Waals surface area contributed by atoms with Crippen LogP contribution in [0.15, 0.2) is 12.3 Å². The van der Waals surface area contributed by atoms with E-state index in [-0.39, 0.29) is 12.0 Å². The van der Waals surface area contributed by atoms with Crippen molar-refractivity contribution in [2.45, 2.75) is 38.1 Å². The first-order chi connectivity index (χ1) is 10.6. The summed E-state index contributed by atoms with van der Waals surface area (Å²) in [6, 6.07) is 1.95. The first-order valence-corrected chi connectivity index (χ1v) is 8.64. The number of rotatable bonds is 3. The molecule has 22 heavy (non-hydrogen) atoms. The highest BCUT2D eigenvalue weighted by molar-refractivity contribution is 6.36. The molecule has 1 saturated carbocycles. The van der Waals surface area contributed by atoms with Crippen LogP contribution in [0.25, 0.3) is 0 Å². The van der Waals surface area contributed by atoms with Gasteiger partial charge in [-0.3, -0.25) is 4.79 Å². The zero-order valence-corrected chi connectivity index (χ0v) is 14.3. The molecule has 0 N–H and O–H groups in total. The fourth-order valence-electron chi connectivity index (χ4n) is 3.23. The summed E-state index contributed by atoms with van der Waals surface area (Å²) in [5.41, 5.74) is 0. The summed E-state index contributed by atoms with van der Waals surface area (Å²) in [5, 5.41) is 1.11. The quantitative estimate of drug-likeness (QED) is 0.842. The maximum atomic E-state index is 12.4. The van der Waals surface area contributed by atoms with Crippen molar-refractivity contribution in [2.24, 2.45) is 5.92 Å². The second-order valence-corrected chi connectivity index (χ2v) is 7.12. The van der Waals surface area contributed by atoms with Crippen LogP contribution in [0, 0.1) is 5.92 Å². The molecule has 2 heterocycles. The van der Waals surface area contributed by atoms with Crippen LogP contribution in [0.5, 0.6) is 0 Å². The molecule has 1 aliphatic carbocycles. The van der Waals surface area contributed by atoms with Gasteiger partial charge in [0.05, 0.1) is 10.0 Å². The van der Waals surface area contributed by atoms with Gasteiger partial charge >= 0.3 is 0 Å². The molecular weight excluding hydrogens is 321 g/mol. The molecule has 1 aromatic heterocycles. The summed E-state index contributed by atoms with van der Waals surface area (Å²) in [5.74, 6) is 1.31. The average molecular weight is 342 g/mol. The number of hydrogen-bond donors (Lipinski definition) is 0. The zero-order chi connectivity index (χ0) is 15.7. The van der Waals surface area contributed by atoms with Crippen molar-refractivity contribution < 1.29 is 4.79 Å². The number of pyridine rings is 1. The Hall–Kier alpha value is -1.000. The molecule has 1 amide bonds. The van der Waals surface area contributed by atoms with Crippen LogP contribution in [-0.2, 0) is 4.79 Å². The van der Waals surface area contributed by atoms with Gasteiger partial charge in [0.15, 0.2) is 0 Å². The Kier molecular flexibility index (Phi) is 4.79. The smallest absolute Gasteiger partial charge is 0.225 e. The average Bonchev–Trinajstić information content (AvgIpc) is 2.44. The SMILES string of the molecule is CN(C(=O)C1CCC1)C1CCCN(c2ncc(Cl)cc2Cl)C1. The Labute approximate surface area is 141 Å². The highest BCUT2D eigenvalue weighted by Crippen LogP contribution is 2.31. The van der Waals surface area contributed by atoms with Gasteiger partial charge in [-0.15, -0.1) is 0 Å². The van der Waals surface area contributed by atoms with Gasteiger partial charge < -0.3 is 9.80 Å². The number of likely N-dealkylation sites (N-methyl/N-ethyl adjacent to an activating group) is 1. The van der Waals surface area contributed by atoms with Crippen molar-refractivity contribution in [1.29, 1.82) is 0 Å². The first kappa shape index (κ1) is 15.9. The molecule has 0 aromatic carbocycles. The molecule has 1 atom stereocenters. The van der Waals surface area contributed by atoms with Crippen molar-refractivity contribution in [2.75, 3.05) is 25.0 Å². The summed E-state index contributed by atoms with van der Waals surface area (Å²) in [6.07, 6.45) is 6.97. The Morgan fingerprint density at radius 2 is 2.09 bits per heavy atom. The van der Waals surface area contributed by atoms with Crippen LogP contribution < -0.4 is 4.90 Å². The van der Waals surface area contributed by atoms with Gasteiger partial charge in [0.2, 0.25) is 5.91 Å². The van der Waals surface area contributed by atoms with Gasteiger partial charge in [0.25, 0.3) is 0 Å². The van der Waals surface area contributed by atoms with E-state index >= 15 is 0 Å². The lowest BCUT2D eigenvalue weighted by molar-refractivity contribution is -0.139. The molecule has 6 heteroatoms. The molecule has 1 aliphatic heterocycles. The number of aromatic nitrogens is 1. The van der Waals surface area contributed by atoms with E-state index in [0.717, 1.165) is 44.6 Å². The van der Waals surface area contributed by atoms with Gasteiger partial charge in [0, 0.05) is 38.3 Å². The van der Waals surface area contributed by atoms with Gasteiger partial charge in [-0.05, 0) is 31.7 Å². The monoisotopic (exact) mass is 341 g/mol. The third kappa shape index (κ3) is 3.18. The van der Waals surface area contributed by atoms with E-state index in [1.54, 1.807) is 12.3 Å². The summed E-state index contributed by atoms with van der Waals surface area (Å²) in [7, 11) is 1.94. The lowest BCUT2D eigenvalue weighted by Crippen LogP contribution is -2.51. The van der Waals surface area contributed by atoms with Crippen LogP contribution in [0.3, 0.4) is 0 Å². The van der Waals surface area contributed by atoms with Crippen molar-refractivity contribution in [3.8, 4) is 0 Å². The number of amides is 1. The van der Waals surface area contributed by atoms with Crippen LogP contribution in [0.2, 0.25) is 10.0 Å². The van der Waals surface area contributed by atoms with Gasteiger partial charge in [-0.25, -0.2) is 4.98 Å². The zero-order valence-electron chi connectivity index (χ0n) is 12.8. The van der Waals surface area contributed by atoms with Gasteiger partial charge in [-0.2, -0.15) is 0 Å².